The minimum absolute atomic E-state index is 0.0425. The number of Topliss-reactive ketones (excluding diaryl/α,β-unsaturated/α-hetero) is 1. The smallest absolute Gasteiger partial charge is 0.221 e. The molecule has 6 nitrogen and oxygen atoms in total. The molecule has 1 amide bonds. The average Bonchev–Trinajstić information content (AvgIpc) is 2.72. The number of carbonyl (C=O) groups excluding carboxylic acids is 2. The normalized spacial score (nSPS) is 10.8. The highest BCUT2D eigenvalue weighted by molar-refractivity contribution is 5.97. The number of primary amides is 1. The first-order chi connectivity index (χ1) is 15.2. The van der Waals surface area contributed by atoms with Gasteiger partial charge in [0.15, 0.2) is 5.78 Å². The molecule has 0 aliphatic rings. The number of amides is 1. The highest BCUT2D eigenvalue weighted by Crippen LogP contribution is 2.24. The van der Waals surface area contributed by atoms with Crippen molar-refractivity contribution in [3.8, 4) is 0 Å². The van der Waals surface area contributed by atoms with Crippen LogP contribution >= 0.6 is 0 Å². The highest BCUT2D eigenvalue weighted by atomic mass is 19.1. The van der Waals surface area contributed by atoms with Crippen LogP contribution in [0.3, 0.4) is 0 Å². The van der Waals surface area contributed by atoms with E-state index in [0.717, 1.165) is 11.8 Å². The summed E-state index contributed by atoms with van der Waals surface area (Å²) in [4.78, 5) is 27.8. The van der Waals surface area contributed by atoms with Crippen LogP contribution in [-0.2, 0) is 17.8 Å². The van der Waals surface area contributed by atoms with Gasteiger partial charge in [-0.05, 0) is 42.0 Å². The van der Waals surface area contributed by atoms with Crippen LogP contribution in [0.1, 0.15) is 35.3 Å². The number of ketones is 1. The lowest BCUT2D eigenvalue weighted by atomic mass is 10.0. The Morgan fingerprint density at radius 2 is 1.69 bits per heavy atom. The van der Waals surface area contributed by atoms with Crippen molar-refractivity contribution in [2.24, 2.45) is 11.7 Å². The molecule has 0 fully saturated rings. The van der Waals surface area contributed by atoms with Crippen molar-refractivity contribution in [3.63, 3.8) is 0 Å². The number of nitrogens with one attached hydrogen (secondary N) is 2. The molecule has 0 bridgehead atoms. The highest BCUT2D eigenvalue weighted by Gasteiger charge is 2.12. The maximum Gasteiger partial charge on any atom is 0.221 e. The van der Waals surface area contributed by atoms with Gasteiger partial charge in [-0.25, -0.2) is 13.8 Å². The molecule has 0 atom stereocenters. The minimum atomic E-state index is -0.671. The van der Waals surface area contributed by atoms with Crippen molar-refractivity contribution in [2.45, 2.75) is 26.8 Å². The molecular formula is C24H24F2N4O2. The lowest BCUT2D eigenvalue weighted by molar-refractivity contribution is -0.117. The Bertz CT molecular complexity index is 1110. The number of halogens is 2. The second-order valence-electron chi connectivity index (χ2n) is 7.72. The Morgan fingerprint density at radius 3 is 2.28 bits per heavy atom. The molecule has 166 valence electrons. The van der Waals surface area contributed by atoms with Gasteiger partial charge in [-0.3, -0.25) is 9.59 Å². The molecule has 1 heterocycles. The number of hydrogen-bond acceptors (Lipinski definition) is 5. The molecule has 0 saturated heterocycles. The summed E-state index contributed by atoms with van der Waals surface area (Å²) in [6, 6.07) is 12.0. The molecule has 0 spiro atoms. The summed E-state index contributed by atoms with van der Waals surface area (Å²) in [5, 5.41) is 6.22. The molecule has 3 aromatic rings. The second-order valence-corrected chi connectivity index (χ2v) is 7.72. The summed E-state index contributed by atoms with van der Waals surface area (Å²) < 4.78 is 26.9. The van der Waals surface area contributed by atoms with Crippen molar-refractivity contribution in [2.75, 3.05) is 10.6 Å². The van der Waals surface area contributed by atoms with Gasteiger partial charge in [0.05, 0.1) is 6.42 Å². The molecule has 0 aliphatic carbocycles. The maximum atomic E-state index is 13.5. The lowest BCUT2D eigenvalue weighted by Gasteiger charge is -2.14. The van der Waals surface area contributed by atoms with Crippen LogP contribution in [0.4, 0.5) is 26.0 Å². The molecule has 1 aromatic heterocycles. The number of aromatic nitrogens is 1. The Labute approximate surface area is 184 Å². The molecule has 2 aromatic carbocycles. The van der Waals surface area contributed by atoms with E-state index in [1.165, 1.54) is 18.3 Å². The van der Waals surface area contributed by atoms with Crippen LogP contribution in [0.2, 0.25) is 0 Å². The van der Waals surface area contributed by atoms with Gasteiger partial charge in [-0.1, -0.05) is 13.8 Å². The molecule has 4 N–H and O–H groups in total. The first-order valence-electron chi connectivity index (χ1n) is 10.1. The predicted octanol–water partition coefficient (Wildman–Crippen LogP) is 4.58. The van der Waals surface area contributed by atoms with E-state index in [2.05, 4.69) is 15.6 Å². The van der Waals surface area contributed by atoms with Gasteiger partial charge in [-0.15, -0.1) is 0 Å². The fraction of sp³-hybridized carbons (Fsp3) is 0.208. The van der Waals surface area contributed by atoms with Gasteiger partial charge in [-0.2, -0.15) is 0 Å². The van der Waals surface area contributed by atoms with E-state index < -0.39 is 17.5 Å². The van der Waals surface area contributed by atoms with Crippen LogP contribution in [0.25, 0.3) is 0 Å². The van der Waals surface area contributed by atoms with Crippen LogP contribution in [-0.4, -0.2) is 16.7 Å². The number of rotatable bonds is 9. The summed E-state index contributed by atoms with van der Waals surface area (Å²) in [5.41, 5.74) is 8.18. The topological polar surface area (TPSA) is 97.1 Å². The summed E-state index contributed by atoms with van der Waals surface area (Å²) >= 11 is 0. The van der Waals surface area contributed by atoms with Gasteiger partial charge >= 0.3 is 0 Å². The predicted molar refractivity (Wildman–Crippen MR) is 120 cm³/mol. The minimum Gasteiger partial charge on any atom is -0.381 e. The third kappa shape index (κ3) is 6.10. The Balaban J connectivity index is 1.80. The summed E-state index contributed by atoms with van der Waals surface area (Å²) in [5.74, 6) is -1.42. The molecule has 0 unspecified atom stereocenters. The fourth-order valence-electron chi connectivity index (χ4n) is 3.15. The summed E-state index contributed by atoms with van der Waals surface area (Å²) in [6.45, 7) is 3.83. The zero-order valence-corrected chi connectivity index (χ0v) is 17.8. The number of pyridine rings is 1. The molecule has 8 heteroatoms. The largest absolute Gasteiger partial charge is 0.381 e. The van der Waals surface area contributed by atoms with Gasteiger partial charge in [0, 0.05) is 53.3 Å². The zero-order valence-electron chi connectivity index (χ0n) is 17.8. The third-order valence-electron chi connectivity index (χ3n) is 4.72. The quantitative estimate of drug-likeness (QED) is 0.425. The Morgan fingerprint density at radius 1 is 1.03 bits per heavy atom. The Kier molecular flexibility index (Phi) is 7.14. The molecule has 32 heavy (non-hydrogen) atoms. The molecule has 0 aliphatic heterocycles. The number of hydrogen-bond donors (Lipinski definition) is 3. The Hall–Kier alpha value is -3.81. The van der Waals surface area contributed by atoms with E-state index in [0.29, 0.717) is 28.2 Å². The molecular weight excluding hydrogens is 414 g/mol. The first kappa shape index (κ1) is 22.9. The van der Waals surface area contributed by atoms with Crippen molar-refractivity contribution in [1.29, 1.82) is 0 Å². The fourth-order valence-corrected chi connectivity index (χ4v) is 3.15. The van der Waals surface area contributed by atoms with E-state index >= 15 is 0 Å². The van der Waals surface area contributed by atoms with E-state index in [9.17, 15) is 18.4 Å². The number of nitrogens with zero attached hydrogens (tertiary/aromatic N) is 1. The lowest BCUT2D eigenvalue weighted by Crippen LogP contribution is -2.15. The van der Waals surface area contributed by atoms with Crippen molar-refractivity contribution >= 4 is 28.9 Å². The van der Waals surface area contributed by atoms with E-state index in [-0.39, 0.29) is 24.7 Å². The number of benzene rings is 2. The van der Waals surface area contributed by atoms with Crippen molar-refractivity contribution < 1.29 is 18.4 Å². The zero-order chi connectivity index (χ0) is 23.3. The van der Waals surface area contributed by atoms with Crippen molar-refractivity contribution in [3.05, 3.63) is 83.1 Å². The molecule has 3 rings (SSSR count). The van der Waals surface area contributed by atoms with Crippen LogP contribution in [0.15, 0.2) is 54.7 Å². The van der Waals surface area contributed by atoms with Crippen LogP contribution in [0.5, 0.6) is 0 Å². The van der Waals surface area contributed by atoms with Crippen molar-refractivity contribution in [1.82, 2.24) is 4.98 Å². The molecule has 0 radical (unpaired) electrons. The SMILES string of the molecule is CC(C)C(=O)c1ccc(Nc2cc(NCc3cc(F)cc(F)c3)c(CC(N)=O)cn2)cc1. The molecule has 0 saturated carbocycles. The average molecular weight is 438 g/mol. The van der Waals surface area contributed by atoms with Crippen LogP contribution < -0.4 is 16.4 Å². The third-order valence-corrected chi connectivity index (χ3v) is 4.72. The number of carbonyl (C=O) groups is 2. The maximum absolute atomic E-state index is 13.5. The van der Waals surface area contributed by atoms with Crippen LogP contribution in [0, 0.1) is 17.6 Å². The second kappa shape index (κ2) is 10.00. The number of nitrogens with two attached hydrogens (primary N) is 1. The standard InChI is InChI=1S/C24H24F2N4O2/c1-14(2)24(32)16-3-5-20(6-4-16)30-23-11-21(17(13-29-23)9-22(27)31)28-12-15-7-18(25)10-19(26)8-15/h3-8,10-11,13-14H,9,12H2,1-2H3,(H2,27,31)(H2,28,29,30). The van der Waals surface area contributed by atoms with Gasteiger partial charge in [0.25, 0.3) is 0 Å². The van der Waals surface area contributed by atoms with E-state index in [4.69, 9.17) is 5.73 Å². The van der Waals surface area contributed by atoms with E-state index in [1.54, 1.807) is 30.3 Å². The van der Waals surface area contributed by atoms with E-state index in [1.807, 2.05) is 13.8 Å². The first-order valence-corrected chi connectivity index (χ1v) is 10.1. The summed E-state index contributed by atoms with van der Waals surface area (Å²) in [7, 11) is 0. The summed E-state index contributed by atoms with van der Waals surface area (Å²) in [6.07, 6.45) is 1.47. The van der Waals surface area contributed by atoms with Gasteiger partial charge in [0.1, 0.15) is 17.5 Å². The van der Waals surface area contributed by atoms with Gasteiger partial charge < -0.3 is 16.4 Å². The monoisotopic (exact) mass is 438 g/mol. The van der Waals surface area contributed by atoms with Gasteiger partial charge in [0.2, 0.25) is 5.91 Å². The number of anilines is 3.